The molecule has 1 N–H and O–H groups in total. The van der Waals surface area contributed by atoms with E-state index in [2.05, 4.69) is 4.72 Å². The Morgan fingerprint density at radius 1 is 1.37 bits per heavy atom. The number of hydrogen-bond donors (Lipinski definition) is 1. The van der Waals surface area contributed by atoms with Gasteiger partial charge in [-0.2, -0.15) is 0 Å². The number of benzene rings is 1. The van der Waals surface area contributed by atoms with E-state index in [0.29, 0.717) is 11.3 Å². The predicted octanol–water partition coefficient (Wildman–Crippen LogP) is 1.23. The van der Waals surface area contributed by atoms with Crippen LogP contribution in [0.4, 0.5) is 0 Å². The molecule has 0 spiro atoms. The normalized spacial score (nSPS) is 12.8. The quantitative estimate of drug-likeness (QED) is 0.824. The van der Waals surface area contributed by atoms with Crippen molar-refractivity contribution < 1.29 is 22.7 Å². The largest absolute Gasteiger partial charge is 0.496 e. The maximum atomic E-state index is 11.7. The summed E-state index contributed by atoms with van der Waals surface area (Å²) in [5.41, 5.74) is 0.494. The van der Waals surface area contributed by atoms with Crippen LogP contribution in [0.1, 0.15) is 25.5 Å². The van der Waals surface area contributed by atoms with E-state index in [4.69, 9.17) is 9.47 Å². The fourth-order valence-electron chi connectivity index (χ4n) is 1.63. The van der Waals surface area contributed by atoms with Crippen molar-refractivity contribution in [2.75, 3.05) is 14.2 Å². The lowest BCUT2D eigenvalue weighted by Crippen LogP contribution is -2.19. The molecule has 106 valence electrons. The Hall–Kier alpha value is -1.60. The predicted molar refractivity (Wildman–Crippen MR) is 69.4 cm³/mol. The van der Waals surface area contributed by atoms with Gasteiger partial charge >= 0.3 is 5.97 Å². The molecule has 0 bridgehead atoms. The molecule has 0 saturated heterocycles. The summed E-state index contributed by atoms with van der Waals surface area (Å²) in [6.45, 7) is 2.94. The van der Waals surface area contributed by atoms with Gasteiger partial charge in [0.2, 0.25) is 10.0 Å². The van der Waals surface area contributed by atoms with Crippen LogP contribution in [0.3, 0.4) is 0 Å². The topological polar surface area (TPSA) is 81.7 Å². The number of nitrogens with one attached hydrogen (secondary N) is 1. The molecule has 0 saturated carbocycles. The minimum atomic E-state index is -3.55. The minimum absolute atomic E-state index is 0.0878. The summed E-state index contributed by atoms with van der Waals surface area (Å²) in [7, 11) is -0.762. The molecule has 0 radical (unpaired) electrons. The summed E-state index contributed by atoms with van der Waals surface area (Å²) in [5.74, 6) is 0.0141. The molecule has 0 aliphatic carbocycles. The Labute approximate surface area is 112 Å². The summed E-state index contributed by atoms with van der Waals surface area (Å²) in [4.78, 5) is 11.1. The van der Waals surface area contributed by atoms with Gasteiger partial charge in [-0.25, -0.2) is 13.1 Å². The molecule has 1 atom stereocenters. The molecule has 0 fully saturated rings. The van der Waals surface area contributed by atoms with Crippen LogP contribution in [0.2, 0.25) is 0 Å². The number of methoxy groups -OCH3 is 1. The van der Waals surface area contributed by atoms with Crippen LogP contribution in [-0.4, -0.2) is 28.5 Å². The van der Waals surface area contributed by atoms with Crippen molar-refractivity contribution in [3.63, 3.8) is 0 Å². The monoisotopic (exact) mass is 287 g/mol. The highest BCUT2D eigenvalue weighted by atomic mass is 32.2. The highest BCUT2D eigenvalue weighted by Crippen LogP contribution is 2.29. The minimum Gasteiger partial charge on any atom is -0.496 e. The van der Waals surface area contributed by atoms with E-state index in [-0.39, 0.29) is 4.90 Å². The molecule has 0 aliphatic rings. The van der Waals surface area contributed by atoms with Crippen molar-refractivity contribution in [1.82, 2.24) is 4.72 Å². The van der Waals surface area contributed by atoms with Gasteiger partial charge in [-0.05, 0) is 32.2 Å². The molecule has 1 aromatic carbocycles. The molecule has 0 aromatic heterocycles. The van der Waals surface area contributed by atoms with Crippen LogP contribution in [-0.2, 0) is 19.6 Å². The second-order valence-electron chi connectivity index (χ2n) is 3.86. The van der Waals surface area contributed by atoms with Crippen LogP contribution in [0.25, 0.3) is 0 Å². The second-order valence-corrected chi connectivity index (χ2v) is 5.75. The van der Waals surface area contributed by atoms with Crippen molar-refractivity contribution in [3.05, 3.63) is 23.8 Å². The third kappa shape index (κ3) is 3.68. The van der Waals surface area contributed by atoms with Crippen molar-refractivity contribution in [1.29, 1.82) is 0 Å². The first-order valence-corrected chi connectivity index (χ1v) is 7.09. The van der Waals surface area contributed by atoms with E-state index in [9.17, 15) is 13.2 Å². The van der Waals surface area contributed by atoms with Crippen LogP contribution in [0.15, 0.2) is 23.1 Å². The van der Waals surface area contributed by atoms with Gasteiger partial charge in [0.15, 0.2) is 0 Å². The lowest BCUT2D eigenvalue weighted by molar-refractivity contribution is -0.145. The zero-order valence-electron chi connectivity index (χ0n) is 11.3. The van der Waals surface area contributed by atoms with Crippen molar-refractivity contribution in [2.45, 2.75) is 24.8 Å². The van der Waals surface area contributed by atoms with Crippen molar-refractivity contribution in [2.24, 2.45) is 0 Å². The second kappa shape index (κ2) is 6.03. The van der Waals surface area contributed by atoms with Crippen LogP contribution < -0.4 is 9.46 Å². The Bertz CT molecular complexity index is 567. The van der Waals surface area contributed by atoms with E-state index in [0.717, 1.165) is 0 Å². The Kier molecular flexibility index (Phi) is 4.90. The molecule has 0 aliphatic heterocycles. The van der Waals surface area contributed by atoms with Crippen LogP contribution in [0, 0.1) is 0 Å². The zero-order chi connectivity index (χ0) is 14.6. The van der Waals surface area contributed by atoms with Crippen molar-refractivity contribution >= 4 is 16.0 Å². The molecule has 1 aromatic rings. The summed E-state index contributed by atoms with van der Waals surface area (Å²) in [6.07, 6.45) is -0.598. The average molecular weight is 287 g/mol. The molecule has 19 heavy (non-hydrogen) atoms. The third-order valence-corrected chi connectivity index (χ3v) is 3.97. The number of carbonyl (C=O) groups is 1. The van der Waals surface area contributed by atoms with Gasteiger partial charge in [-0.3, -0.25) is 4.79 Å². The van der Waals surface area contributed by atoms with Crippen LogP contribution >= 0.6 is 0 Å². The molecule has 0 heterocycles. The number of carbonyl (C=O) groups excluding carboxylic acids is 1. The molecular formula is C12H17NO5S. The zero-order valence-corrected chi connectivity index (χ0v) is 12.1. The lowest BCUT2D eigenvalue weighted by atomic mass is 10.1. The van der Waals surface area contributed by atoms with E-state index in [1.54, 1.807) is 6.92 Å². The first kappa shape index (κ1) is 15.5. The number of sulfonamides is 1. The van der Waals surface area contributed by atoms with E-state index in [1.807, 2.05) is 0 Å². The third-order valence-electron chi connectivity index (χ3n) is 2.56. The van der Waals surface area contributed by atoms with Gasteiger partial charge in [0.1, 0.15) is 11.9 Å². The molecular weight excluding hydrogens is 270 g/mol. The standard InChI is InChI=1S/C12H17NO5S/c1-8(18-9(2)14)11-7-10(19(15,16)13-3)5-6-12(11)17-4/h5-8,13H,1-4H3. The van der Waals surface area contributed by atoms with Crippen LogP contribution in [0.5, 0.6) is 5.75 Å². The van der Waals surface area contributed by atoms with Gasteiger partial charge in [0.25, 0.3) is 0 Å². The summed E-state index contributed by atoms with van der Waals surface area (Å²) < 4.78 is 35.9. The van der Waals surface area contributed by atoms with Gasteiger partial charge in [0.05, 0.1) is 12.0 Å². The number of esters is 1. The Morgan fingerprint density at radius 2 is 2.00 bits per heavy atom. The summed E-state index contributed by atoms with van der Waals surface area (Å²) in [6, 6.07) is 4.38. The van der Waals surface area contributed by atoms with Gasteiger partial charge in [-0.15, -0.1) is 0 Å². The first-order valence-electron chi connectivity index (χ1n) is 5.60. The molecule has 1 rings (SSSR count). The van der Waals surface area contributed by atoms with Gasteiger partial charge in [-0.1, -0.05) is 0 Å². The maximum Gasteiger partial charge on any atom is 0.303 e. The van der Waals surface area contributed by atoms with Gasteiger partial charge < -0.3 is 9.47 Å². The van der Waals surface area contributed by atoms with Crippen molar-refractivity contribution in [3.8, 4) is 5.75 Å². The SMILES string of the molecule is CNS(=O)(=O)c1ccc(OC)c(C(C)OC(C)=O)c1. The summed E-state index contributed by atoms with van der Waals surface area (Å²) >= 11 is 0. The van der Waals surface area contributed by atoms with Gasteiger partial charge in [0, 0.05) is 12.5 Å². The number of ether oxygens (including phenoxy) is 2. The first-order chi connectivity index (χ1) is 8.81. The average Bonchev–Trinajstić information content (AvgIpc) is 2.37. The fourth-order valence-corrected chi connectivity index (χ4v) is 2.39. The molecule has 7 heteroatoms. The maximum absolute atomic E-state index is 11.7. The smallest absolute Gasteiger partial charge is 0.303 e. The van der Waals surface area contributed by atoms with E-state index in [1.165, 1.54) is 39.3 Å². The van der Waals surface area contributed by atoms with E-state index >= 15 is 0 Å². The number of rotatable bonds is 5. The van der Waals surface area contributed by atoms with E-state index < -0.39 is 22.1 Å². The number of hydrogen-bond acceptors (Lipinski definition) is 5. The fraction of sp³-hybridized carbons (Fsp3) is 0.417. The molecule has 6 nitrogen and oxygen atoms in total. The Balaban J connectivity index is 3.28. The molecule has 1 unspecified atom stereocenters. The lowest BCUT2D eigenvalue weighted by Gasteiger charge is -2.16. The summed E-state index contributed by atoms with van der Waals surface area (Å²) in [5, 5.41) is 0. The molecule has 0 amide bonds. The highest BCUT2D eigenvalue weighted by Gasteiger charge is 2.19. The Morgan fingerprint density at radius 3 is 2.47 bits per heavy atom. The highest BCUT2D eigenvalue weighted by molar-refractivity contribution is 7.89.